The number of unbranched alkanes of at least 4 members (excludes halogenated alkanes) is 6. The van der Waals surface area contributed by atoms with Crippen molar-refractivity contribution in [3.05, 3.63) is 0 Å². The van der Waals surface area contributed by atoms with Crippen LogP contribution in [-0.4, -0.2) is 29.3 Å². The van der Waals surface area contributed by atoms with Crippen molar-refractivity contribution < 1.29 is 14.4 Å². The fourth-order valence-corrected chi connectivity index (χ4v) is 2.72. The summed E-state index contributed by atoms with van der Waals surface area (Å²) in [6, 6.07) is -0.447. The summed E-state index contributed by atoms with van der Waals surface area (Å²) in [4.78, 5) is 35.0. The Labute approximate surface area is 146 Å². The van der Waals surface area contributed by atoms with Crippen LogP contribution in [0.15, 0.2) is 0 Å². The van der Waals surface area contributed by atoms with E-state index >= 15 is 0 Å². The average molecular weight is 344 g/mol. The summed E-state index contributed by atoms with van der Waals surface area (Å²) in [6.07, 6.45) is 9.71. The second-order valence-electron chi connectivity index (χ2n) is 6.18. The van der Waals surface area contributed by atoms with Crippen LogP contribution in [0.1, 0.15) is 84.5 Å². The Bertz CT molecular complexity index is 358. The van der Waals surface area contributed by atoms with Gasteiger partial charge in [0.1, 0.15) is 5.78 Å². The van der Waals surface area contributed by atoms with Crippen LogP contribution in [0.25, 0.3) is 0 Å². The molecule has 5 heteroatoms. The van der Waals surface area contributed by atoms with Crippen molar-refractivity contribution in [2.75, 3.05) is 5.75 Å². The van der Waals surface area contributed by atoms with E-state index in [0.717, 1.165) is 31.4 Å². The lowest BCUT2D eigenvalue weighted by Gasteiger charge is -2.14. The van der Waals surface area contributed by atoms with Gasteiger partial charge in [0.05, 0.1) is 12.5 Å². The van der Waals surface area contributed by atoms with Gasteiger partial charge in [0, 0.05) is 6.42 Å². The highest BCUT2D eigenvalue weighted by Crippen LogP contribution is 2.10. The number of carbonyl (C=O) groups excluding carboxylic acids is 3. The first-order valence-corrected chi connectivity index (χ1v) is 9.56. The maximum Gasteiger partial charge on any atom is 0.228 e. The quantitative estimate of drug-likeness (QED) is 0.269. The van der Waals surface area contributed by atoms with Gasteiger partial charge in [-0.05, 0) is 31.9 Å². The standard InChI is InChI=1S/C18H33NO3S/c1-3-11-17(15(2)20)19-18(22)14-16(21)12-9-7-5-4-6-8-10-13-23/h17,23H,3-14H2,1-2H3,(H,19,22). The van der Waals surface area contributed by atoms with E-state index in [9.17, 15) is 14.4 Å². The summed E-state index contributed by atoms with van der Waals surface area (Å²) in [5, 5.41) is 2.66. The van der Waals surface area contributed by atoms with Crippen LogP contribution >= 0.6 is 12.6 Å². The first-order valence-electron chi connectivity index (χ1n) is 8.93. The second-order valence-corrected chi connectivity index (χ2v) is 6.63. The molecule has 0 saturated heterocycles. The molecule has 0 aliphatic carbocycles. The molecule has 1 amide bonds. The molecule has 0 heterocycles. The largest absolute Gasteiger partial charge is 0.346 e. The fraction of sp³-hybridized carbons (Fsp3) is 0.833. The maximum absolute atomic E-state index is 11.8. The molecule has 0 bridgehead atoms. The summed E-state index contributed by atoms with van der Waals surface area (Å²) in [5.41, 5.74) is 0. The fourth-order valence-electron chi connectivity index (χ4n) is 2.50. The zero-order valence-corrected chi connectivity index (χ0v) is 15.6. The van der Waals surface area contributed by atoms with Crippen molar-refractivity contribution in [3.63, 3.8) is 0 Å². The monoisotopic (exact) mass is 343 g/mol. The molecule has 134 valence electrons. The number of thiol groups is 1. The third-order valence-corrected chi connectivity index (χ3v) is 4.19. The highest BCUT2D eigenvalue weighted by molar-refractivity contribution is 7.80. The van der Waals surface area contributed by atoms with E-state index in [0.29, 0.717) is 12.8 Å². The molecule has 0 rings (SSSR count). The van der Waals surface area contributed by atoms with Crippen LogP contribution in [0, 0.1) is 0 Å². The van der Waals surface area contributed by atoms with Gasteiger partial charge in [0.25, 0.3) is 0 Å². The predicted octanol–water partition coefficient (Wildman–Crippen LogP) is 3.87. The minimum absolute atomic E-state index is 0.0311. The lowest BCUT2D eigenvalue weighted by atomic mass is 10.0. The molecule has 1 atom stereocenters. The number of amides is 1. The molecule has 23 heavy (non-hydrogen) atoms. The Morgan fingerprint density at radius 2 is 1.52 bits per heavy atom. The summed E-state index contributed by atoms with van der Waals surface area (Å²) in [5.74, 6) is 0.552. The molecule has 0 fully saturated rings. The highest BCUT2D eigenvalue weighted by atomic mass is 32.1. The number of Topliss-reactive ketones (excluding diaryl/α,β-unsaturated/α-hetero) is 2. The summed E-state index contributed by atoms with van der Waals surface area (Å²) < 4.78 is 0. The Morgan fingerprint density at radius 1 is 0.957 bits per heavy atom. The number of hydrogen-bond acceptors (Lipinski definition) is 4. The number of hydrogen-bond donors (Lipinski definition) is 2. The molecule has 0 saturated carbocycles. The predicted molar refractivity (Wildman–Crippen MR) is 97.9 cm³/mol. The van der Waals surface area contributed by atoms with Gasteiger partial charge in [0.15, 0.2) is 5.78 Å². The number of carbonyl (C=O) groups is 3. The molecule has 1 N–H and O–H groups in total. The zero-order chi connectivity index (χ0) is 17.5. The number of rotatable bonds is 15. The van der Waals surface area contributed by atoms with Crippen LogP contribution < -0.4 is 5.32 Å². The molecule has 0 aromatic rings. The van der Waals surface area contributed by atoms with E-state index in [1.54, 1.807) is 0 Å². The van der Waals surface area contributed by atoms with Crippen molar-refractivity contribution in [2.45, 2.75) is 90.5 Å². The van der Waals surface area contributed by atoms with Gasteiger partial charge >= 0.3 is 0 Å². The Hall–Kier alpha value is -0.840. The summed E-state index contributed by atoms with van der Waals surface area (Å²) in [7, 11) is 0. The minimum Gasteiger partial charge on any atom is -0.346 e. The molecule has 1 unspecified atom stereocenters. The van der Waals surface area contributed by atoms with Crippen molar-refractivity contribution in [1.82, 2.24) is 5.32 Å². The molecule has 0 radical (unpaired) electrons. The summed E-state index contributed by atoms with van der Waals surface area (Å²) >= 11 is 4.18. The van der Waals surface area contributed by atoms with Crippen LogP contribution in [0.2, 0.25) is 0 Å². The second kappa shape index (κ2) is 14.7. The van der Waals surface area contributed by atoms with E-state index in [1.165, 1.54) is 32.6 Å². The van der Waals surface area contributed by atoms with Gasteiger partial charge in [-0.3, -0.25) is 14.4 Å². The average Bonchev–Trinajstić information content (AvgIpc) is 2.49. The van der Waals surface area contributed by atoms with Crippen LogP contribution in [0.3, 0.4) is 0 Å². The highest BCUT2D eigenvalue weighted by Gasteiger charge is 2.17. The Kier molecular flexibility index (Phi) is 14.2. The third-order valence-electron chi connectivity index (χ3n) is 3.87. The molecule has 0 aliphatic rings. The van der Waals surface area contributed by atoms with E-state index < -0.39 is 6.04 Å². The topological polar surface area (TPSA) is 63.2 Å². The minimum atomic E-state index is -0.447. The molecule has 0 aromatic heterocycles. The zero-order valence-electron chi connectivity index (χ0n) is 14.7. The molecule has 0 aliphatic heterocycles. The molecular weight excluding hydrogens is 310 g/mol. The van der Waals surface area contributed by atoms with Gasteiger partial charge in [-0.25, -0.2) is 0 Å². The number of ketones is 2. The Balaban J connectivity index is 3.72. The van der Waals surface area contributed by atoms with Gasteiger partial charge < -0.3 is 5.32 Å². The first kappa shape index (κ1) is 22.2. The Morgan fingerprint density at radius 3 is 2.04 bits per heavy atom. The van der Waals surface area contributed by atoms with Crippen molar-refractivity contribution >= 4 is 30.1 Å². The lowest BCUT2D eigenvalue weighted by molar-refractivity contribution is -0.131. The van der Waals surface area contributed by atoms with Gasteiger partial charge in [-0.2, -0.15) is 12.6 Å². The SMILES string of the molecule is CCCC(NC(=O)CC(=O)CCCCCCCCCS)C(C)=O. The normalized spacial score (nSPS) is 12.0. The third kappa shape index (κ3) is 13.3. The van der Waals surface area contributed by atoms with E-state index in [4.69, 9.17) is 0 Å². The molecule has 4 nitrogen and oxygen atoms in total. The maximum atomic E-state index is 11.8. The van der Waals surface area contributed by atoms with Crippen molar-refractivity contribution in [2.24, 2.45) is 0 Å². The van der Waals surface area contributed by atoms with Gasteiger partial charge in [-0.1, -0.05) is 45.4 Å². The molecular formula is C18H33NO3S. The first-order chi connectivity index (χ1) is 11.0. The molecule has 0 aromatic carbocycles. The van der Waals surface area contributed by atoms with Crippen molar-refractivity contribution in [1.29, 1.82) is 0 Å². The van der Waals surface area contributed by atoms with Gasteiger partial charge in [0.2, 0.25) is 5.91 Å². The van der Waals surface area contributed by atoms with Crippen LogP contribution in [0.4, 0.5) is 0 Å². The summed E-state index contributed by atoms with van der Waals surface area (Å²) in [6.45, 7) is 3.43. The van der Waals surface area contributed by atoms with Gasteiger partial charge in [-0.15, -0.1) is 0 Å². The van der Waals surface area contributed by atoms with Crippen LogP contribution in [0.5, 0.6) is 0 Å². The van der Waals surface area contributed by atoms with Crippen LogP contribution in [-0.2, 0) is 14.4 Å². The van der Waals surface area contributed by atoms with Crippen molar-refractivity contribution in [3.8, 4) is 0 Å². The smallest absolute Gasteiger partial charge is 0.228 e. The van der Waals surface area contributed by atoms with E-state index in [1.807, 2.05) is 6.92 Å². The molecule has 0 spiro atoms. The lowest BCUT2D eigenvalue weighted by Crippen LogP contribution is -2.40. The van der Waals surface area contributed by atoms with E-state index in [-0.39, 0.29) is 23.9 Å². The number of nitrogens with one attached hydrogen (secondary N) is 1. The van der Waals surface area contributed by atoms with E-state index in [2.05, 4.69) is 17.9 Å².